The molecule has 116 valence electrons. The first-order chi connectivity index (χ1) is 11.6. The summed E-state index contributed by atoms with van der Waals surface area (Å²) in [6.45, 7) is 0. The van der Waals surface area contributed by atoms with Crippen LogP contribution in [0.1, 0.15) is 16.7 Å². The quantitative estimate of drug-likeness (QED) is 0.374. The molecule has 0 amide bonds. The Balaban J connectivity index is 1.96. The van der Waals surface area contributed by atoms with E-state index in [1.165, 1.54) is 24.3 Å². The van der Waals surface area contributed by atoms with Gasteiger partial charge < -0.3 is 4.74 Å². The predicted molar refractivity (Wildman–Crippen MR) is 84.9 cm³/mol. The van der Waals surface area contributed by atoms with E-state index in [1.807, 2.05) is 6.07 Å². The van der Waals surface area contributed by atoms with Crippen molar-refractivity contribution in [3.63, 3.8) is 0 Å². The van der Waals surface area contributed by atoms with Crippen molar-refractivity contribution in [2.24, 2.45) is 4.99 Å². The Morgan fingerprint density at radius 2 is 2.00 bits per heavy atom. The number of ether oxygens (including phenoxy) is 1. The topological polar surface area (TPSA) is 106 Å². The Morgan fingerprint density at radius 1 is 1.21 bits per heavy atom. The van der Waals surface area contributed by atoms with Gasteiger partial charge in [-0.05, 0) is 29.8 Å². The highest BCUT2D eigenvalue weighted by molar-refractivity contribution is 6.13. The number of rotatable bonds is 3. The predicted octanol–water partition coefficient (Wildman–Crippen LogP) is 2.81. The van der Waals surface area contributed by atoms with Crippen molar-refractivity contribution in [2.45, 2.75) is 0 Å². The molecule has 2 aromatic carbocycles. The van der Waals surface area contributed by atoms with E-state index in [0.717, 1.165) is 0 Å². The Hall–Kier alpha value is -3.79. The molecular formula is C17H9N3O4. The molecule has 0 atom stereocenters. The van der Waals surface area contributed by atoms with Gasteiger partial charge in [0.15, 0.2) is 5.70 Å². The highest BCUT2D eigenvalue weighted by Crippen LogP contribution is 2.21. The smallest absolute Gasteiger partial charge is 0.363 e. The Kier molecular flexibility index (Phi) is 3.87. The zero-order valence-corrected chi connectivity index (χ0v) is 12.2. The lowest BCUT2D eigenvalue weighted by Gasteiger charge is -1.98. The number of esters is 1. The first-order valence-electron chi connectivity index (χ1n) is 6.84. The summed E-state index contributed by atoms with van der Waals surface area (Å²) in [4.78, 5) is 26.3. The Bertz CT molecular complexity index is 954. The van der Waals surface area contributed by atoms with Crippen molar-refractivity contribution in [2.75, 3.05) is 0 Å². The van der Waals surface area contributed by atoms with E-state index in [0.29, 0.717) is 16.7 Å². The van der Waals surface area contributed by atoms with E-state index in [1.54, 1.807) is 30.3 Å². The number of benzene rings is 2. The van der Waals surface area contributed by atoms with Crippen molar-refractivity contribution in [3.05, 3.63) is 81.0 Å². The Labute approximate surface area is 136 Å². The summed E-state index contributed by atoms with van der Waals surface area (Å²) in [5, 5.41) is 19.7. The molecule has 0 radical (unpaired) electrons. The molecule has 7 heteroatoms. The van der Waals surface area contributed by atoms with E-state index >= 15 is 0 Å². The average molecular weight is 319 g/mol. The summed E-state index contributed by atoms with van der Waals surface area (Å²) < 4.78 is 5.08. The molecular weight excluding hydrogens is 310 g/mol. The first kappa shape index (κ1) is 15.1. The minimum Gasteiger partial charge on any atom is -0.402 e. The number of nitro benzene ring substituents is 1. The SMILES string of the molecule is N#Cc1cccc(C=C2N=C(c3cccc([N+](=O)[O-])c3)OC2=O)c1. The van der Waals surface area contributed by atoms with Gasteiger partial charge in [0, 0.05) is 17.7 Å². The first-order valence-corrected chi connectivity index (χ1v) is 6.84. The van der Waals surface area contributed by atoms with Gasteiger partial charge in [-0.3, -0.25) is 10.1 Å². The molecule has 3 rings (SSSR count). The van der Waals surface area contributed by atoms with Gasteiger partial charge in [0.25, 0.3) is 5.69 Å². The number of aliphatic imine (C=N–C) groups is 1. The van der Waals surface area contributed by atoms with Gasteiger partial charge in [0.2, 0.25) is 5.90 Å². The minimum atomic E-state index is -0.654. The maximum absolute atomic E-state index is 11.9. The van der Waals surface area contributed by atoms with E-state index in [2.05, 4.69) is 4.99 Å². The highest BCUT2D eigenvalue weighted by atomic mass is 16.6. The van der Waals surface area contributed by atoms with E-state index < -0.39 is 10.9 Å². The number of nitro groups is 1. The van der Waals surface area contributed by atoms with Crippen LogP contribution >= 0.6 is 0 Å². The van der Waals surface area contributed by atoms with Gasteiger partial charge in [-0.15, -0.1) is 0 Å². The van der Waals surface area contributed by atoms with Gasteiger partial charge in [0.05, 0.1) is 16.6 Å². The molecule has 0 N–H and O–H groups in total. The fourth-order valence-corrected chi connectivity index (χ4v) is 2.14. The molecule has 7 nitrogen and oxygen atoms in total. The van der Waals surface area contributed by atoms with Crippen LogP contribution in [-0.4, -0.2) is 16.8 Å². The van der Waals surface area contributed by atoms with E-state index in [-0.39, 0.29) is 17.3 Å². The van der Waals surface area contributed by atoms with Crippen LogP contribution in [0.5, 0.6) is 0 Å². The van der Waals surface area contributed by atoms with Crippen LogP contribution < -0.4 is 0 Å². The molecule has 0 saturated carbocycles. The van der Waals surface area contributed by atoms with Crippen molar-refractivity contribution in [1.29, 1.82) is 5.26 Å². The molecule has 0 aromatic heterocycles. The molecule has 0 bridgehead atoms. The third-order valence-electron chi connectivity index (χ3n) is 3.24. The summed E-state index contributed by atoms with van der Waals surface area (Å²) >= 11 is 0. The lowest BCUT2D eigenvalue weighted by molar-refractivity contribution is -0.384. The third-order valence-corrected chi connectivity index (χ3v) is 3.24. The zero-order chi connectivity index (χ0) is 17.1. The van der Waals surface area contributed by atoms with Gasteiger partial charge in [-0.1, -0.05) is 18.2 Å². The van der Waals surface area contributed by atoms with Crippen molar-refractivity contribution >= 4 is 23.6 Å². The molecule has 1 aliphatic heterocycles. The molecule has 0 fully saturated rings. The van der Waals surface area contributed by atoms with Gasteiger partial charge in [-0.25, -0.2) is 9.79 Å². The number of non-ortho nitro benzene ring substituents is 1. The lowest BCUT2D eigenvalue weighted by Crippen LogP contribution is -2.05. The maximum atomic E-state index is 11.9. The molecule has 1 aliphatic rings. The van der Waals surface area contributed by atoms with Gasteiger partial charge in [-0.2, -0.15) is 5.26 Å². The summed E-state index contributed by atoms with van der Waals surface area (Å²) in [7, 11) is 0. The summed E-state index contributed by atoms with van der Waals surface area (Å²) in [5.74, 6) is -0.648. The lowest BCUT2D eigenvalue weighted by atomic mass is 10.1. The standard InChI is InChI=1S/C17H9N3O4/c18-10-12-4-1-3-11(7-12)8-15-17(21)24-16(19-15)13-5-2-6-14(9-13)20(22)23/h1-9H. The number of carbonyl (C=O) groups excluding carboxylic acids is 1. The second kappa shape index (κ2) is 6.14. The number of cyclic esters (lactones) is 1. The molecule has 2 aromatic rings. The summed E-state index contributed by atoms with van der Waals surface area (Å²) in [6, 6.07) is 14.4. The van der Waals surface area contributed by atoms with Crippen molar-refractivity contribution in [1.82, 2.24) is 0 Å². The van der Waals surface area contributed by atoms with E-state index in [4.69, 9.17) is 10.00 Å². The zero-order valence-electron chi connectivity index (χ0n) is 12.2. The molecule has 0 aliphatic carbocycles. The number of carbonyl (C=O) groups is 1. The van der Waals surface area contributed by atoms with Crippen LogP contribution in [0.3, 0.4) is 0 Å². The maximum Gasteiger partial charge on any atom is 0.363 e. The summed E-state index contributed by atoms with van der Waals surface area (Å²) in [6.07, 6.45) is 1.49. The third kappa shape index (κ3) is 3.03. The van der Waals surface area contributed by atoms with Crippen LogP contribution in [0.2, 0.25) is 0 Å². The molecule has 1 heterocycles. The molecule has 0 saturated heterocycles. The van der Waals surface area contributed by atoms with E-state index in [9.17, 15) is 14.9 Å². The Morgan fingerprint density at radius 3 is 2.75 bits per heavy atom. The molecule has 0 spiro atoms. The van der Waals surface area contributed by atoms with Crippen LogP contribution in [0.4, 0.5) is 5.69 Å². The number of nitrogens with zero attached hydrogens (tertiary/aromatic N) is 3. The van der Waals surface area contributed by atoms with Crippen LogP contribution in [0.25, 0.3) is 6.08 Å². The average Bonchev–Trinajstić information content (AvgIpc) is 2.96. The van der Waals surface area contributed by atoms with Crippen LogP contribution in [0, 0.1) is 21.4 Å². The highest BCUT2D eigenvalue weighted by Gasteiger charge is 2.25. The largest absolute Gasteiger partial charge is 0.402 e. The van der Waals surface area contributed by atoms with Crippen LogP contribution in [0.15, 0.2) is 59.2 Å². The minimum absolute atomic E-state index is 0.00591. The van der Waals surface area contributed by atoms with Gasteiger partial charge >= 0.3 is 5.97 Å². The second-order valence-corrected chi connectivity index (χ2v) is 4.88. The molecule has 24 heavy (non-hydrogen) atoms. The number of nitriles is 1. The van der Waals surface area contributed by atoms with Crippen molar-refractivity contribution in [3.8, 4) is 6.07 Å². The monoisotopic (exact) mass is 319 g/mol. The second-order valence-electron chi connectivity index (χ2n) is 4.88. The number of hydrogen-bond donors (Lipinski definition) is 0. The van der Waals surface area contributed by atoms with Crippen molar-refractivity contribution < 1.29 is 14.5 Å². The summed E-state index contributed by atoms with van der Waals surface area (Å²) in [5.41, 5.74) is 1.37. The normalized spacial score (nSPS) is 14.9. The fraction of sp³-hybridized carbons (Fsp3) is 0. The number of hydrogen-bond acceptors (Lipinski definition) is 6. The van der Waals surface area contributed by atoms with Crippen LogP contribution in [-0.2, 0) is 9.53 Å². The van der Waals surface area contributed by atoms with Gasteiger partial charge in [0.1, 0.15) is 0 Å². The fourth-order valence-electron chi connectivity index (χ4n) is 2.14. The molecule has 0 unspecified atom stereocenters.